The molecule has 0 aliphatic rings. The van der Waals surface area contributed by atoms with Gasteiger partial charge in [0.1, 0.15) is 5.82 Å². The number of rotatable bonds is 5. The number of benzene rings is 1. The molecule has 1 heterocycles. The van der Waals surface area contributed by atoms with Crippen molar-refractivity contribution in [1.82, 2.24) is 9.55 Å². The maximum atomic E-state index is 11.7. The van der Waals surface area contributed by atoms with Crippen molar-refractivity contribution in [2.75, 3.05) is 5.32 Å². The third-order valence-electron chi connectivity index (χ3n) is 2.65. The third-order valence-corrected chi connectivity index (χ3v) is 2.65. The summed E-state index contributed by atoms with van der Waals surface area (Å²) in [6.45, 7) is 2.51. The van der Waals surface area contributed by atoms with Gasteiger partial charge >= 0.3 is 5.69 Å². The monoisotopic (exact) mass is 259 g/mol. The van der Waals surface area contributed by atoms with E-state index in [-0.39, 0.29) is 12.2 Å². The zero-order chi connectivity index (χ0) is 13.7. The van der Waals surface area contributed by atoms with E-state index >= 15 is 0 Å². The van der Waals surface area contributed by atoms with E-state index in [4.69, 9.17) is 0 Å². The van der Waals surface area contributed by atoms with Gasteiger partial charge in [-0.1, -0.05) is 30.3 Å². The van der Waals surface area contributed by atoms with Gasteiger partial charge in [0.15, 0.2) is 0 Å². The highest BCUT2D eigenvalue weighted by atomic mass is 16.3. The smallest absolute Gasteiger partial charge is 0.349 e. The molecular formula is C14H17N3O2. The summed E-state index contributed by atoms with van der Waals surface area (Å²) in [4.78, 5) is 15.6. The molecule has 0 spiro atoms. The number of aliphatic hydroxyl groups excluding tert-OH is 1. The van der Waals surface area contributed by atoms with Crippen LogP contribution in [0.15, 0.2) is 47.4 Å². The highest BCUT2D eigenvalue weighted by Gasteiger charge is 2.03. The van der Waals surface area contributed by atoms with Crippen molar-refractivity contribution in [3.63, 3.8) is 0 Å². The Morgan fingerprint density at radius 3 is 2.68 bits per heavy atom. The van der Waals surface area contributed by atoms with Gasteiger partial charge in [0, 0.05) is 12.7 Å². The average molecular weight is 259 g/mol. The Morgan fingerprint density at radius 2 is 2.05 bits per heavy atom. The second-order valence-corrected chi connectivity index (χ2v) is 4.44. The molecule has 5 nitrogen and oxygen atoms in total. The highest BCUT2D eigenvalue weighted by molar-refractivity contribution is 5.33. The SMILES string of the molecule is C[C@@H](O)Cn1ccc(NCc2ccccc2)nc1=O. The molecule has 5 heteroatoms. The second kappa shape index (κ2) is 6.15. The average Bonchev–Trinajstić information content (AvgIpc) is 2.40. The number of aromatic nitrogens is 2. The summed E-state index contributed by atoms with van der Waals surface area (Å²) in [5, 5.41) is 12.3. The lowest BCUT2D eigenvalue weighted by atomic mass is 10.2. The number of aliphatic hydroxyl groups is 1. The molecule has 1 aromatic heterocycles. The minimum absolute atomic E-state index is 0.255. The molecule has 0 saturated heterocycles. The number of nitrogens with zero attached hydrogens (tertiary/aromatic N) is 2. The van der Waals surface area contributed by atoms with Crippen molar-refractivity contribution in [3.05, 3.63) is 58.6 Å². The van der Waals surface area contributed by atoms with E-state index in [1.807, 2.05) is 30.3 Å². The minimum atomic E-state index is -0.567. The van der Waals surface area contributed by atoms with Crippen molar-refractivity contribution in [1.29, 1.82) is 0 Å². The fourth-order valence-corrected chi connectivity index (χ4v) is 1.74. The van der Waals surface area contributed by atoms with Crippen molar-refractivity contribution >= 4 is 5.82 Å². The molecule has 0 radical (unpaired) electrons. The van der Waals surface area contributed by atoms with E-state index in [0.29, 0.717) is 12.4 Å². The van der Waals surface area contributed by atoms with Crippen molar-refractivity contribution in [2.45, 2.75) is 26.1 Å². The lowest BCUT2D eigenvalue weighted by Gasteiger charge is -2.09. The van der Waals surface area contributed by atoms with Gasteiger partial charge in [-0.25, -0.2) is 4.79 Å². The van der Waals surface area contributed by atoms with Crippen LogP contribution in [0.5, 0.6) is 0 Å². The molecule has 1 atom stereocenters. The summed E-state index contributed by atoms with van der Waals surface area (Å²) in [7, 11) is 0. The van der Waals surface area contributed by atoms with Gasteiger partial charge in [-0.05, 0) is 18.6 Å². The summed E-state index contributed by atoms with van der Waals surface area (Å²) in [5.74, 6) is 0.538. The lowest BCUT2D eigenvalue weighted by molar-refractivity contribution is 0.171. The molecular weight excluding hydrogens is 242 g/mol. The fourth-order valence-electron chi connectivity index (χ4n) is 1.74. The highest BCUT2D eigenvalue weighted by Crippen LogP contribution is 2.04. The van der Waals surface area contributed by atoms with E-state index in [0.717, 1.165) is 5.56 Å². The Balaban J connectivity index is 2.02. The first-order chi connectivity index (χ1) is 9.15. The van der Waals surface area contributed by atoms with E-state index < -0.39 is 6.10 Å². The van der Waals surface area contributed by atoms with Crippen molar-refractivity contribution in [2.24, 2.45) is 0 Å². The predicted molar refractivity (Wildman–Crippen MR) is 73.9 cm³/mol. The topological polar surface area (TPSA) is 67.2 Å². The Bertz CT molecular complexity index is 579. The second-order valence-electron chi connectivity index (χ2n) is 4.44. The zero-order valence-electron chi connectivity index (χ0n) is 10.8. The van der Waals surface area contributed by atoms with Crippen molar-refractivity contribution in [3.8, 4) is 0 Å². The first kappa shape index (κ1) is 13.3. The summed E-state index contributed by atoms with van der Waals surface area (Å²) in [6.07, 6.45) is 1.07. The van der Waals surface area contributed by atoms with Gasteiger partial charge in [0.05, 0.1) is 12.6 Å². The maximum Gasteiger partial charge on any atom is 0.349 e. The fraction of sp³-hybridized carbons (Fsp3) is 0.286. The van der Waals surface area contributed by atoms with Crippen LogP contribution >= 0.6 is 0 Å². The molecule has 0 saturated carbocycles. The standard InChI is InChI=1S/C14H17N3O2/c1-11(18)10-17-8-7-13(16-14(17)19)15-9-12-5-3-2-4-6-12/h2-8,11,18H,9-10H2,1H3,(H,15,16,19)/t11-/m1/s1. The molecule has 0 fully saturated rings. The predicted octanol–water partition coefficient (Wildman–Crippen LogP) is 1.24. The van der Waals surface area contributed by atoms with Crippen LogP contribution < -0.4 is 11.0 Å². The van der Waals surface area contributed by atoms with Gasteiger partial charge < -0.3 is 10.4 Å². The Hall–Kier alpha value is -2.14. The Labute approximate surface area is 111 Å². The molecule has 2 rings (SSSR count). The van der Waals surface area contributed by atoms with Crippen LogP contribution in [0.1, 0.15) is 12.5 Å². The summed E-state index contributed by atoms with van der Waals surface area (Å²) < 4.78 is 1.39. The first-order valence-corrected chi connectivity index (χ1v) is 6.18. The number of nitrogens with one attached hydrogen (secondary N) is 1. The van der Waals surface area contributed by atoms with E-state index in [2.05, 4.69) is 10.3 Å². The number of hydrogen-bond acceptors (Lipinski definition) is 4. The summed E-state index contributed by atoms with van der Waals surface area (Å²) >= 11 is 0. The molecule has 0 amide bonds. The molecule has 100 valence electrons. The summed E-state index contributed by atoms with van der Waals surface area (Å²) in [6, 6.07) is 11.6. The normalized spacial score (nSPS) is 12.1. The molecule has 19 heavy (non-hydrogen) atoms. The molecule has 0 unspecified atom stereocenters. The van der Waals surface area contributed by atoms with Gasteiger partial charge in [-0.3, -0.25) is 4.57 Å². The molecule has 2 N–H and O–H groups in total. The van der Waals surface area contributed by atoms with Crippen molar-refractivity contribution < 1.29 is 5.11 Å². The van der Waals surface area contributed by atoms with Gasteiger partial charge in [0.2, 0.25) is 0 Å². The van der Waals surface area contributed by atoms with Crippen LogP contribution in [0.3, 0.4) is 0 Å². The first-order valence-electron chi connectivity index (χ1n) is 6.18. The number of hydrogen-bond donors (Lipinski definition) is 2. The van der Waals surface area contributed by atoms with E-state index in [1.165, 1.54) is 4.57 Å². The van der Waals surface area contributed by atoms with Gasteiger partial charge in [-0.2, -0.15) is 4.98 Å². The van der Waals surface area contributed by atoms with E-state index in [9.17, 15) is 9.90 Å². The molecule has 1 aromatic carbocycles. The zero-order valence-corrected chi connectivity index (χ0v) is 10.8. The molecule has 0 aliphatic carbocycles. The van der Waals surface area contributed by atoms with Crippen LogP contribution in [0.2, 0.25) is 0 Å². The quantitative estimate of drug-likeness (QED) is 0.847. The minimum Gasteiger partial charge on any atom is -0.392 e. The lowest BCUT2D eigenvalue weighted by Crippen LogP contribution is -2.27. The van der Waals surface area contributed by atoms with Crippen LogP contribution in [0, 0.1) is 0 Å². The molecule has 2 aromatic rings. The van der Waals surface area contributed by atoms with Gasteiger partial charge in [-0.15, -0.1) is 0 Å². The Kier molecular flexibility index (Phi) is 4.30. The third kappa shape index (κ3) is 3.93. The van der Waals surface area contributed by atoms with Crippen LogP contribution in [0.4, 0.5) is 5.82 Å². The van der Waals surface area contributed by atoms with Gasteiger partial charge in [0.25, 0.3) is 0 Å². The van der Waals surface area contributed by atoms with Crippen LogP contribution in [0.25, 0.3) is 0 Å². The van der Waals surface area contributed by atoms with Crippen LogP contribution in [-0.2, 0) is 13.1 Å². The Morgan fingerprint density at radius 1 is 1.32 bits per heavy atom. The molecule has 0 bridgehead atoms. The van der Waals surface area contributed by atoms with E-state index in [1.54, 1.807) is 19.2 Å². The number of anilines is 1. The van der Waals surface area contributed by atoms with Crippen LogP contribution in [-0.4, -0.2) is 20.8 Å². The molecule has 0 aliphatic heterocycles. The largest absolute Gasteiger partial charge is 0.392 e. The maximum absolute atomic E-state index is 11.7. The summed E-state index contributed by atoms with van der Waals surface area (Å²) in [5.41, 5.74) is 0.761.